The molecule has 3 heterocycles. The normalized spacial score (nSPS) is 14.3. The lowest BCUT2D eigenvalue weighted by atomic mass is 10.0. The molecule has 0 unspecified atom stereocenters. The molecule has 0 spiro atoms. The van der Waals surface area contributed by atoms with Crippen LogP contribution in [-0.4, -0.2) is 64.0 Å². The third-order valence-electron chi connectivity index (χ3n) is 5.52. The summed E-state index contributed by atoms with van der Waals surface area (Å²) in [5.74, 6) is 0.805. The van der Waals surface area contributed by atoms with Crippen LogP contribution in [0.1, 0.15) is 17.5 Å². The maximum atomic E-state index is 12.5. The Labute approximate surface area is 184 Å². The third kappa shape index (κ3) is 4.34. The first kappa shape index (κ1) is 20.8. The van der Waals surface area contributed by atoms with Gasteiger partial charge in [0.15, 0.2) is 0 Å². The number of fused-ring (bicyclic) bond motifs is 1. The minimum atomic E-state index is 0.137. The minimum absolute atomic E-state index is 0.137. The molecule has 1 aliphatic rings. The smallest absolute Gasteiger partial charge is 0.223 e. The zero-order valence-corrected chi connectivity index (χ0v) is 18.8. The number of benzene rings is 1. The molecule has 3 aromatic rings. The molecule has 1 aliphatic heterocycles. The number of piperazine rings is 1. The number of aromatic nitrogens is 2. The van der Waals surface area contributed by atoms with Crippen molar-refractivity contribution in [3.63, 3.8) is 0 Å². The van der Waals surface area contributed by atoms with Gasteiger partial charge in [-0.1, -0.05) is 18.2 Å². The first-order chi connectivity index (χ1) is 14.6. The van der Waals surface area contributed by atoms with E-state index < -0.39 is 0 Å². The van der Waals surface area contributed by atoms with Gasteiger partial charge < -0.3 is 9.80 Å². The summed E-state index contributed by atoms with van der Waals surface area (Å²) in [4.78, 5) is 36.8. The van der Waals surface area contributed by atoms with Gasteiger partial charge in [0.25, 0.3) is 0 Å². The molecule has 4 rings (SSSR count). The molecule has 0 bridgehead atoms. The summed E-state index contributed by atoms with van der Waals surface area (Å²) < 4.78 is 0. The standard InChI is InChI=1S/C22H24N4O2S2/c1-15-3-4-17(11-16(15)2)18-12-30-22-20(18)21(23-13-24-22)29-10-5-19(28)26-8-6-25(14-27)7-9-26/h3-4,11-14H,5-10H2,1-2H3. The van der Waals surface area contributed by atoms with Gasteiger partial charge in [-0.25, -0.2) is 9.97 Å². The second-order valence-corrected chi connectivity index (χ2v) is 9.37. The molecule has 0 radical (unpaired) electrons. The van der Waals surface area contributed by atoms with Crippen LogP contribution in [-0.2, 0) is 9.59 Å². The number of rotatable bonds is 6. The van der Waals surface area contributed by atoms with Crippen LogP contribution >= 0.6 is 23.1 Å². The predicted octanol–water partition coefficient (Wildman–Crippen LogP) is 3.76. The summed E-state index contributed by atoms with van der Waals surface area (Å²) in [7, 11) is 0. The Morgan fingerprint density at radius 2 is 1.97 bits per heavy atom. The van der Waals surface area contributed by atoms with Crippen LogP contribution in [0.5, 0.6) is 0 Å². The number of thioether (sulfide) groups is 1. The zero-order chi connectivity index (χ0) is 21.1. The fourth-order valence-electron chi connectivity index (χ4n) is 3.55. The molecular weight excluding hydrogens is 416 g/mol. The third-order valence-corrected chi connectivity index (χ3v) is 7.40. The Morgan fingerprint density at radius 1 is 1.17 bits per heavy atom. The van der Waals surface area contributed by atoms with Crippen molar-refractivity contribution in [3.05, 3.63) is 41.0 Å². The van der Waals surface area contributed by atoms with Crippen molar-refractivity contribution in [3.8, 4) is 11.1 Å². The van der Waals surface area contributed by atoms with Crippen molar-refractivity contribution in [2.45, 2.75) is 25.3 Å². The van der Waals surface area contributed by atoms with E-state index >= 15 is 0 Å². The summed E-state index contributed by atoms with van der Waals surface area (Å²) in [6, 6.07) is 6.50. The van der Waals surface area contributed by atoms with E-state index in [0.29, 0.717) is 38.4 Å². The van der Waals surface area contributed by atoms with Crippen LogP contribution in [0.3, 0.4) is 0 Å². The Morgan fingerprint density at radius 3 is 2.70 bits per heavy atom. The molecule has 8 heteroatoms. The summed E-state index contributed by atoms with van der Waals surface area (Å²) in [5.41, 5.74) is 4.86. The van der Waals surface area contributed by atoms with Crippen molar-refractivity contribution in [2.24, 2.45) is 0 Å². The SMILES string of the molecule is Cc1ccc(-c2csc3ncnc(SCCC(=O)N4CCN(C=O)CC4)c23)cc1C. The average Bonchev–Trinajstić information content (AvgIpc) is 3.21. The van der Waals surface area contributed by atoms with Gasteiger partial charge in [0, 0.05) is 49.3 Å². The van der Waals surface area contributed by atoms with Gasteiger partial charge in [-0.05, 0) is 30.5 Å². The van der Waals surface area contributed by atoms with Gasteiger partial charge in [-0.15, -0.1) is 23.1 Å². The highest BCUT2D eigenvalue weighted by molar-refractivity contribution is 7.99. The molecule has 2 amide bonds. The zero-order valence-electron chi connectivity index (χ0n) is 17.1. The molecule has 1 aromatic carbocycles. The molecule has 2 aromatic heterocycles. The molecule has 0 aliphatic carbocycles. The van der Waals surface area contributed by atoms with Gasteiger partial charge in [0.1, 0.15) is 16.2 Å². The van der Waals surface area contributed by atoms with E-state index in [2.05, 4.69) is 47.4 Å². The molecule has 0 saturated carbocycles. The number of amides is 2. The van der Waals surface area contributed by atoms with Crippen LogP contribution in [0.15, 0.2) is 34.9 Å². The van der Waals surface area contributed by atoms with Gasteiger partial charge in [0.05, 0.1) is 5.39 Å². The number of hydrogen-bond donors (Lipinski definition) is 0. The van der Waals surface area contributed by atoms with E-state index in [1.807, 2.05) is 4.90 Å². The van der Waals surface area contributed by atoms with Gasteiger partial charge in [0.2, 0.25) is 12.3 Å². The lowest BCUT2D eigenvalue weighted by Crippen LogP contribution is -2.48. The van der Waals surface area contributed by atoms with E-state index in [4.69, 9.17) is 0 Å². The summed E-state index contributed by atoms with van der Waals surface area (Å²) >= 11 is 3.23. The Hall–Kier alpha value is -2.45. The van der Waals surface area contributed by atoms with Crippen molar-refractivity contribution in [2.75, 3.05) is 31.9 Å². The molecule has 1 fully saturated rings. The second-order valence-electron chi connectivity index (χ2n) is 7.43. The topological polar surface area (TPSA) is 66.4 Å². The van der Waals surface area contributed by atoms with Crippen molar-refractivity contribution in [1.82, 2.24) is 19.8 Å². The number of hydrogen-bond acceptors (Lipinski definition) is 6. The highest BCUT2D eigenvalue weighted by Gasteiger charge is 2.20. The first-order valence-corrected chi connectivity index (χ1v) is 11.8. The first-order valence-electron chi connectivity index (χ1n) is 9.96. The summed E-state index contributed by atoms with van der Waals surface area (Å²) in [6.07, 6.45) is 2.91. The minimum Gasteiger partial charge on any atom is -0.342 e. The van der Waals surface area contributed by atoms with E-state index in [1.54, 1.807) is 34.3 Å². The number of carbonyl (C=O) groups excluding carboxylic acids is 2. The van der Waals surface area contributed by atoms with E-state index in [-0.39, 0.29) is 5.91 Å². The molecule has 6 nitrogen and oxygen atoms in total. The summed E-state index contributed by atoms with van der Waals surface area (Å²) in [5, 5.41) is 4.14. The lowest BCUT2D eigenvalue weighted by Gasteiger charge is -2.32. The molecular formula is C22H24N4O2S2. The number of carbonyl (C=O) groups is 2. The molecule has 1 saturated heterocycles. The monoisotopic (exact) mass is 440 g/mol. The largest absolute Gasteiger partial charge is 0.342 e. The molecule has 0 N–H and O–H groups in total. The lowest BCUT2D eigenvalue weighted by molar-refractivity contribution is -0.134. The van der Waals surface area contributed by atoms with E-state index in [1.165, 1.54) is 16.7 Å². The van der Waals surface area contributed by atoms with Crippen LogP contribution in [0.4, 0.5) is 0 Å². The number of aryl methyl sites for hydroxylation is 2. The summed E-state index contributed by atoms with van der Waals surface area (Å²) in [6.45, 7) is 6.69. The van der Waals surface area contributed by atoms with Gasteiger partial charge >= 0.3 is 0 Å². The predicted molar refractivity (Wildman–Crippen MR) is 122 cm³/mol. The Balaban J connectivity index is 1.47. The van der Waals surface area contributed by atoms with Gasteiger partial charge in [-0.3, -0.25) is 9.59 Å². The van der Waals surface area contributed by atoms with E-state index in [0.717, 1.165) is 27.2 Å². The Bertz CT molecular complexity index is 1070. The van der Waals surface area contributed by atoms with Gasteiger partial charge in [-0.2, -0.15) is 0 Å². The second kappa shape index (κ2) is 9.14. The average molecular weight is 441 g/mol. The van der Waals surface area contributed by atoms with Crippen LogP contribution < -0.4 is 0 Å². The molecule has 30 heavy (non-hydrogen) atoms. The van der Waals surface area contributed by atoms with Crippen LogP contribution in [0, 0.1) is 13.8 Å². The number of nitrogens with zero attached hydrogens (tertiary/aromatic N) is 4. The molecule has 156 valence electrons. The van der Waals surface area contributed by atoms with Crippen LogP contribution in [0.25, 0.3) is 21.3 Å². The van der Waals surface area contributed by atoms with Crippen LogP contribution in [0.2, 0.25) is 0 Å². The number of thiophene rings is 1. The maximum Gasteiger partial charge on any atom is 0.223 e. The fourth-order valence-corrected chi connectivity index (χ4v) is 5.47. The fraction of sp³-hybridized carbons (Fsp3) is 0.364. The quantitative estimate of drug-likeness (QED) is 0.332. The highest BCUT2D eigenvalue weighted by atomic mass is 32.2. The van der Waals surface area contributed by atoms with Crippen molar-refractivity contribution >= 4 is 45.6 Å². The Kier molecular flexibility index (Phi) is 6.34. The van der Waals surface area contributed by atoms with E-state index in [9.17, 15) is 9.59 Å². The maximum absolute atomic E-state index is 12.5. The van der Waals surface area contributed by atoms with Crippen molar-refractivity contribution < 1.29 is 9.59 Å². The highest BCUT2D eigenvalue weighted by Crippen LogP contribution is 2.38. The van der Waals surface area contributed by atoms with Crippen molar-refractivity contribution in [1.29, 1.82) is 0 Å². The molecule has 0 atom stereocenters.